The molecular formula is C8H6LaNO4-. The quantitative estimate of drug-likeness (QED) is 0.601. The maximum atomic E-state index is 10.8. The molecule has 6 heteroatoms. The van der Waals surface area contributed by atoms with Gasteiger partial charge in [0, 0.05) is 35.6 Å². The Labute approximate surface area is 108 Å². The van der Waals surface area contributed by atoms with Crippen molar-refractivity contribution in [2.75, 3.05) is 0 Å². The molecule has 0 amide bonds. The van der Waals surface area contributed by atoms with Crippen LogP contribution in [0.15, 0.2) is 18.2 Å². The summed E-state index contributed by atoms with van der Waals surface area (Å²) < 4.78 is 0. The molecule has 1 rings (SSSR count). The maximum absolute atomic E-state index is 10.8. The third kappa shape index (κ3) is 3.23. The largest absolute Gasteiger partial charge is 0.485 e. The van der Waals surface area contributed by atoms with Gasteiger partial charge in [0.25, 0.3) is 11.9 Å². The molecule has 0 spiro atoms. The van der Waals surface area contributed by atoms with Crippen LogP contribution >= 0.6 is 0 Å². The Morgan fingerprint density at radius 1 is 1.43 bits per heavy atom. The Kier molecular flexibility index (Phi) is 5.63. The van der Waals surface area contributed by atoms with Gasteiger partial charge in [-0.1, -0.05) is 5.56 Å². The maximum Gasteiger partial charge on any atom is 0.292 e. The van der Waals surface area contributed by atoms with E-state index in [1.165, 1.54) is 18.2 Å². The smallest absolute Gasteiger partial charge is 0.292 e. The van der Waals surface area contributed by atoms with Gasteiger partial charge in [0.05, 0.1) is 0 Å². The van der Waals surface area contributed by atoms with Gasteiger partial charge in [0.1, 0.15) is 0 Å². The first-order valence-electron chi connectivity index (χ1n) is 3.31. The van der Waals surface area contributed by atoms with Crippen molar-refractivity contribution in [1.82, 2.24) is 0 Å². The van der Waals surface area contributed by atoms with Crippen molar-refractivity contribution >= 4 is 11.9 Å². The summed E-state index contributed by atoms with van der Waals surface area (Å²) in [7, 11) is 0. The Balaban J connectivity index is 0.00000169. The van der Waals surface area contributed by atoms with E-state index in [1.54, 1.807) is 0 Å². The molecule has 3 N–H and O–H groups in total. The van der Waals surface area contributed by atoms with Gasteiger partial charge in [-0.15, -0.1) is 24.3 Å². The van der Waals surface area contributed by atoms with Crippen LogP contribution in [0.4, 0.5) is 0 Å². The summed E-state index contributed by atoms with van der Waals surface area (Å²) in [6, 6.07) is 6.15. The van der Waals surface area contributed by atoms with Crippen molar-refractivity contribution < 1.29 is 55.1 Å². The van der Waals surface area contributed by atoms with Gasteiger partial charge in [-0.25, -0.2) is 0 Å². The second-order valence-electron chi connectivity index (χ2n) is 2.20. The molecule has 5 nitrogen and oxygen atoms in total. The fourth-order valence-corrected chi connectivity index (χ4v) is 0.748. The molecule has 0 heterocycles. The first-order chi connectivity index (χ1) is 6.15. The van der Waals surface area contributed by atoms with Crippen LogP contribution in [0.5, 0.6) is 0 Å². The van der Waals surface area contributed by atoms with Crippen molar-refractivity contribution in [2.24, 2.45) is 5.90 Å². The number of aromatic carboxylic acids is 1. The first-order valence-corrected chi connectivity index (χ1v) is 3.31. The number of hydrogen-bond donors (Lipinski definition) is 2. The van der Waals surface area contributed by atoms with E-state index in [0.717, 1.165) is 0 Å². The molecule has 1 aromatic rings. The van der Waals surface area contributed by atoms with E-state index in [-0.39, 0.29) is 46.7 Å². The average molecular weight is 319 g/mol. The van der Waals surface area contributed by atoms with Crippen LogP contribution in [0, 0.1) is 41.7 Å². The Morgan fingerprint density at radius 2 is 2.07 bits per heavy atom. The molecule has 0 aromatic heterocycles. The summed E-state index contributed by atoms with van der Waals surface area (Å²) in [5.74, 6) is 2.78. The fourth-order valence-electron chi connectivity index (χ4n) is 0.748. The van der Waals surface area contributed by atoms with Gasteiger partial charge in [0.2, 0.25) is 0 Å². The van der Waals surface area contributed by atoms with Crippen LogP contribution in [-0.2, 0) is 4.84 Å². The van der Waals surface area contributed by atoms with Crippen LogP contribution in [-0.4, -0.2) is 17.0 Å². The summed E-state index contributed by atoms with van der Waals surface area (Å²) in [6.07, 6.45) is 0. The minimum absolute atomic E-state index is 0. The van der Waals surface area contributed by atoms with E-state index in [0.29, 0.717) is 0 Å². The van der Waals surface area contributed by atoms with E-state index in [4.69, 9.17) is 5.11 Å². The zero-order valence-corrected chi connectivity index (χ0v) is 10.7. The third-order valence-corrected chi connectivity index (χ3v) is 1.39. The van der Waals surface area contributed by atoms with Crippen molar-refractivity contribution in [3.63, 3.8) is 0 Å². The molecular weight excluding hydrogens is 313 g/mol. The van der Waals surface area contributed by atoms with Crippen molar-refractivity contribution in [3.8, 4) is 0 Å². The Hall–Kier alpha value is -0.685. The Bertz CT molecular complexity index is 336. The van der Waals surface area contributed by atoms with Gasteiger partial charge < -0.3 is 14.7 Å². The molecule has 0 aliphatic rings. The molecule has 0 fully saturated rings. The Morgan fingerprint density at radius 3 is 2.43 bits per heavy atom. The summed E-state index contributed by atoms with van der Waals surface area (Å²) >= 11 is 0. The molecule has 71 valence electrons. The molecule has 0 saturated carbocycles. The number of benzene rings is 1. The molecule has 1 aromatic carbocycles. The van der Waals surface area contributed by atoms with Crippen molar-refractivity contribution in [2.45, 2.75) is 0 Å². The van der Waals surface area contributed by atoms with Gasteiger partial charge in [-0.3, -0.25) is 4.79 Å². The number of nitrogens with two attached hydrogens (primary N) is 1. The number of carbonyl (C=O) groups excluding carboxylic acids is 1. The second kappa shape index (κ2) is 5.92. The number of carbonyl (C=O) groups is 2. The topological polar surface area (TPSA) is 89.6 Å². The van der Waals surface area contributed by atoms with Crippen LogP contribution in [0.1, 0.15) is 20.7 Å². The van der Waals surface area contributed by atoms with Crippen LogP contribution in [0.25, 0.3) is 0 Å². The van der Waals surface area contributed by atoms with Gasteiger partial charge >= 0.3 is 0 Å². The van der Waals surface area contributed by atoms with Gasteiger partial charge in [-0.05, 0) is 5.56 Å². The zero-order chi connectivity index (χ0) is 9.84. The number of carboxylic acids is 1. The first kappa shape index (κ1) is 13.3. The van der Waals surface area contributed by atoms with Crippen LogP contribution in [0.3, 0.4) is 0 Å². The van der Waals surface area contributed by atoms with Crippen LogP contribution in [0.2, 0.25) is 0 Å². The van der Waals surface area contributed by atoms with Gasteiger partial charge in [-0.2, -0.15) is 5.90 Å². The molecule has 0 aliphatic carbocycles. The SMILES string of the molecule is NOC(=O)c1[c-]cc(C(=O)O)cc1.[La]. The minimum atomic E-state index is -1.08. The average Bonchev–Trinajstić information content (AvgIpc) is 2.17. The van der Waals surface area contributed by atoms with E-state index in [2.05, 4.69) is 16.8 Å². The molecule has 14 heavy (non-hydrogen) atoms. The van der Waals surface area contributed by atoms with E-state index in [1.807, 2.05) is 0 Å². The summed E-state index contributed by atoms with van der Waals surface area (Å²) in [6.45, 7) is 0. The molecule has 0 saturated heterocycles. The number of rotatable bonds is 2. The molecule has 1 radical (unpaired) electrons. The van der Waals surface area contributed by atoms with Crippen molar-refractivity contribution in [1.29, 1.82) is 0 Å². The van der Waals surface area contributed by atoms with Crippen molar-refractivity contribution in [3.05, 3.63) is 35.4 Å². The molecule has 0 atom stereocenters. The van der Waals surface area contributed by atoms with E-state index < -0.39 is 11.9 Å². The predicted octanol–water partition coefficient (Wildman–Crippen LogP) is 0.215. The number of carboxylic acid groups (broad SMARTS) is 1. The monoisotopic (exact) mass is 319 g/mol. The predicted molar refractivity (Wildman–Crippen MR) is 41.8 cm³/mol. The zero-order valence-electron chi connectivity index (χ0n) is 7.06. The normalized spacial score (nSPS) is 8.64. The number of hydrogen-bond acceptors (Lipinski definition) is 4. The minimum Gasteiger partial charge on any atom is -0.485 e. The second-order valence-corrected chi connectivity index (χ2v) is 2.20. The summed E-state index contributed by atoms with van der Waals surface area (Å²) in [5.41, 5.74) is 0.140. The van der Waals surface area contributed by atoms with E-state index in [9.17, 15) is 9.59 Å². The summed E-state index contributed by atoms with van der Waals surface area (Å²) in [4.78, 5) is 25.1. The van der Waals surface area contributed by atoms with Crippen LogP contribution < -0.4 is 5.90 Å². The molecule has 0 aliphatic heterocycles. The van der Waals surface area contributed by atoms with E-state index >= 15 is 0 Å². The van der Waals surface area contributed by atoms with Gasteiger partial charge in [0.15, 0.2) is 0 Å². The molecule has 0 unspecified atom stereocenters. The third-order valence-electron chi connectivity index (χ3n) is 1.39. The molecule has 0 bridgehead atoms. The standard InChI is InChI=1S/C8H6NO4.La/c9-13-8(12)6-3-1-5(2-4-6)7(10)11;/h1-3H,9H2,(H,10,11);/q-1;. The summed E-state index contributed by atoms with van der Waals surface area (Å²) in [5, 5.41) is 8.51. The fraction of sp³-hybridized carbons (Fsp3) is 0.